The summed E-state index contributed by atoms with van der Waals surface area (Å²) in [5, 5.41) is 96.5. The van der Waals surface area contributed by atoms with Crippen LogP contribution in [0.3, 0.4) is 0 Å². The molecule has 744 valence electrons. The molecule has 0 aromatic carbocycles. The molecule has 0 spiro atoms. The van der Waals surface area contributed by atoms with E-state index in [2.05, 4.69) is 47.9 Å². The predicted molar refractivity (Wildman–Crippen MR) is 460 cm³/mol. The number of nitrogens with one attached hydrogen (secondary N) is 9. The number of aliphatic hydroxyl groups excluding tert-OH is 6. The molecule has 20 atom stereocenters. The summed E-state index contributed by atoms with van der Waals surface area (Å²) in [5.74, 6) is -15.5. The van der Waals surface area contributed by atoms with Gasteiger partial charge in [0.1, 0.15) is 85.1 Å². The molecule has 13 saturated heterocycles. The molecule has 50 heteroatoms. The zero-order valence-electron chi connectivity index (χ0n) is 75.3. The molecule has 0 unspecified atom stereocenters. The normalized spacial score (nSPS) is 29.6. The van der Waals surface area contributed by atoms with Crippen LogP contribution in [0.15, 0.2) is 0 Å². The van der Waals surface area contributed by atoms with Gasteiger partial charge in [-0.2, -0.15) is 0 Å². The quantitative estimate of drug-likeness (QED) is 0.0271. The number of carboxylic acids is 1. The summed E-state index contributed by atoms with van der Waals surface area (Å²) in [6.07, 6.45) is -2.81. The maximum absolute atomic E-state index is 14.5. The van der Waals surface area contributed by atoms with E-state index in [4.69, 9.17) is 10.8 Å². The van der Waals surface area contributed by atoms with Gasteiger partial charge in [0.2, 0.25) is 118 Å². The standard InChI is InChI=1S/C85H126N22O28/c86-18-2-1-10-51(72(122)88-32-66(115)97-21-5-13-54(97)81(131)104-41-47(110)28-61(104)75(125)91-35-69(118)100-24-8-16-57(100)84(134)106-43-49(112)30-63(106)77(127)93-37-70(119)101-25-9-17-58(101)85(135)107-44-50(113)31-64(107)78(128)94-38-71(120)121)95-79(129)53-12-4-20-96(53)65(114)33-89-74(124)60-27-46(109)40-103(60)82(132)56-15-7-23-99(56)68(117)36-92-76(126)62-29-48(111)42-105(62)83(133)55-14-6-22-98(55)67(116)34-90-73(123)59-26-45(108)39-102(59)80(130)52-11-3-19-87-52/h45-64,87,108-113H,1-44,86H2,(H,88,122)(H,89,124)(H,90,123)(H,91,125)(H,92,126)(H,93,127)(H,94,128)(H,95,129)(H,120,121)/t45-,46-,47-,48-,49-,50-,51+,52+,53+,54+,55+,56+,57+,58+,59+,60+,61+,62+,63+,64+/m1/s1. The number of aliphatic carboxylic acids is 1. The van der Waals surface area contributed by atoms with Gasteiger partial charge in [-0.1, -0.05) is 0 Å². The zero-order chi connectivity index (χ0) is 97.1. The first kappa shape index (κ1) is 101. The van der Waals surface area contributed by atoms with Gasteiger partial charge in [-0.05, 0) is 122 Å². The van der Waals surface area contributed by atoms with E-state index < -0.39 is 285 Å². The molecule has 13 fully saturated rings. The van der Waals surface area contributed by atoms with E-state index >= 15 is 0 Å². The fourth-order valence-corrected chi connectivity index (χ4v) is 21.4. The van der Waals surface area contributed by atoms with Gasteiger partial charge in [-0.15, -0.1) is 0 Å². The average molecular weight is 1900 g/mol. The zero-order valence-corrected chi connectivity index (χ0v) is 75.3. The van der Waals surface area contributed by atoms with Crippen LogP contribution in [-0.4, -0.2) is 477 Å². The molecule has 0 aromatic rings. The molecular formula is C85H126N22O28. The number of rotatable bonds is 33. The predicted octanol–water partition coefficient (Wildman–Crippen LogP) is -13.0. The molecule has 0 bridgehead atoms. The van der Waals surface area contributed by atoms with Gasteiger partial charge >= 0.3 is 5.97 Å². The number of carbonyl (C=O) groups excluding carboxylic acids is 20. The second-order valence-corrected chi connectivity index (χ2v) is 37.3. The van der Waals surface area contributed by atoms with Crippen LogP contribution in [-0.2, 0) is 101 Å². The van der Waals surface area contributed by atoms with Crippen molar-refractivity contribution in [1.82, 2.24) is 107 Å². The number of nitrogens with zero attached hydrogens (tertiary/aromatic N) is 12. The summed E-state index contributed by atoms with van der Waals surface area (Å²) in [4.78, 5) is 304. The van der Waals surface area contributed by atoms with E-state index in [1.807, 2.05) is 0 Å². The fraction of sp³-hybridized carbons (Fsp3) is 0.753. The Labute approximate surface area is 776 Å². The minimum absolute atomic E-state index is 0.0263. The van der Waals surface area contributed by atoms with Crippen LogP contribution < -0.4 is 53.6 Å². The molecule has 13 aliphatic heterocycles. The van der Waals surface area contributed by atoms with Crippen molar-refractivity contribution in [2.45, 2.75) is 269 Å². The highest BCUT2D eigenvalue weighted by atomic mass is 16.4. The van der Waals surface area contributed by atoms with Crippen molar-refractivity contribution < 1.29 is 136 Å². The lowest BCUT2D eigenvalue weighted by Gasteiger charge is -2.32. The molecule has 0 radical (unpaired) electrons. The third kappa shape index (κ3) is 23.5. The maximum Gasteiger partial charge on any atom is 0.322 e. The largest absolute Gasteiger partial charge is 0.480 e. The number of unbranched alkanes of at least 4 members (excludes halogenated alkanes) is 1. The summed E-state index contributed by atoms with van der Waals surface area (Å²) in [5.41, 5.74) is 5.80. The Morgan fingerprint density at radius 2 is 0.526 bits per heavy atom. The van der Waals surface area contributed by atoms with Gasteiger partial charge in [0.15, 0.2) is 0 Å². The van der Waals surface area contributed by atoms with Crippen molar-refractivity contribution >= 4 is 124 Å². The Kier molecular flexibility index (Phi) is 33.7. The van der Waals surface area contributed by atoms with Crippen LogP contribution in [0.5, 0.6) is 0 Å². The highest BCUT2D eigenvalue weighted by Crippen LogP contribution is 2.34. The molecule has 13 heterocycles. The van der Waals surface area contributed by atoms with Crippen molar-refractivity contribution in [3.05, 3.63) is 0 Å². The summed E-state index contributed by atoms with van der Waals surface area (Å²) in [6.45, 7) is -4.77. The third-order valence-electron chi connectivity index (χ3n) is 28.2. The molecule has 0 aromatic heterocycles. The average Bonchev–Trinajstić information content (AvgIpc) is 1.66. The molecule has 0 saturated carbocycles. The van der Waals surface area contributed by atoms with E-state index in [1.165, 1.54) is 34.3 Å². The van der Waals surface area contributed by atoms with Crippen LogP contribution >= 0.6 is 0 Å². The first-order chi connectivity index (χ1) is 64.5. The number of likely N-dealkylation sites (tertiary alicyclic amines) is 12. The third-order valence-corrected chi connectivity index (χ3v) is 28.2. The number of nitrogens with two attached hydrogens (primary N) is 1. The Morgan fingerprint density at radius 1 is 0.281 bits per heavy atom. The van der Waals surface area contributed by atoms with Crippen LogP contribution in [0.25, 0.3) is 0 Å². The Bertz CT molecular complexity index is 4540. The smallest absolute Gasteiger partial charge is 0.322 e. The second-order valence-electron chi connectivity index (χ2n) is 37.3. The summed E-state index contributed by atoms with van der Waals surface area (Å²) < 4.78 is 0. The topological polar surface area (TPSA) is 673 Å². The van der Waals surface area contributed by atoms with Gasteiger partial charge in [-0.25, -0.2) is 0 Å². The molecule has 50 nitrogen and oxygen atoms in total. The SMILES string of the molecule is NCCCC[C@H](NC(=O)[C@@H]1CCCN1C(=O)CNC(=O)[C@@H]1C[C@@H](O)CN1C(=O)[C@@H]1CCCN1C(=O)CNC(=O)[C@@H]1C[C@@H](O)CN1C(=O)[C@@H]1CCCN1C(=O)CNC(=O)[C@@H]1C[C@@H](O)CN1C(=O)[C@@H]1CCCN1)C(=O)NCC(=O)N1CCC[C@H]1C(=O)N1C[C@H](O)C[C@H]1C(=O)NCC(=O)N1CCC[C@H]1C(=O)N1C[C@H](O)C[C@H]1C(=O)NCC(=O)N1CCC[C@H]1C(=O)N1C[C@H](O)C[C@H]1C(=O)NCC(=O)O. The number of carboxylic acid groups (broad SMARTS) is 1. The van der Waals surface area contributed by atoms with Crippen LogP contribution in [0.2, 0.25) is 0 Å². The van der Waals surface area contributed by atoms with Crippen LogP contribution in [0.1, 0.15) is 148 Å². The Balaban J connectivity index is 0.538. The lowest BCUT2D eigenvalue weighted by Crippen LogP contribution is -2.57. The Hall–Kier alpha value is -11.4. The van der Waals surface area contributed by atoms with Gasteiger partial charge in [0.05, 0.1) is 81.9 Å². The second kappa shape index (κ2) is 45.0. The van der Waals surface area contributed by atoms with E-state index in [-0.39, 0.29) is 174 Å². The molecule has 18 N–H and O–H groups in total. The van der Waals surface area contributed by atoms with Crippen molar-refractivity contribution in [2.24, 2.45) is 5.73 Å². The number of β-amino-alcohol motifs (C(OH)–C–C–N with tert-alkyl or cyclic N) is 6. The monoisotopic (exact) mass is 1900 g/mol. The molecule has 0 aliphatic carbocycles. The number of amides is 20. The minimum Gasteiger partial charge on any atom is -0.480 e. The van der Waals surface area contributed by atoms with Crippen molar-refractivity contribution in [3.63, 3.8) is 0 Å². The summed E-state index contributed by atoms with van der Waals surface area (Å²) >= 11 is 0. The minimum atomic E-state index is -1.34. The van der Waals surface area contributed by atoms with Gasteiger partial charge in [-0.3, -0.25) is 101 Å². The van der Waals surface area contributed by atoms with Gasteiger partial charge in [0.25, 0.3) is 0 Å². The summed E-state index contributed by atoms with van der Waals surface area (Å²) in [6, 6.07) is -16.0. The summed E-state index contributed by atoms with van der Waals surface area (Å²) in [7, 11) is 0. The van der Waals surface area contributed by atoms with Crippen molar-refractivity contribution in [2.75, 3.05) is 137 Å². The number of hydrogen-bond donors (Lipinski definition) is 17. The molecule has 13 aliphatic rings. The van der Waals surface area contributed by atoms with Gasteiger partial charge in [0, 0.05) is 117 Å². The maximum atomic E-state index is 14.5. The first-order valence-corrected chi connectivity index (χ1v) is 47.1. The lowest BCUT2D eigenvalue weighted by molar-refractivity contribution is -0.148. The van der Waals surface area contributed by atoms with E-state index in [0.717, 1.165) is 30.9 Å². The van der Waals surface area contributed by atoms with Crippen LogP contribution in [0, 0.1) is 0 Å². The van der Waals surface area contributed by atoms with Crippen LogP contribution in [0.4, 0.5) is 0 Å². The Morgan fingerprint density at radius 3 is 0.778 bits per heavy atom. The van der Waals surface area contributed by atoms with E-state index in [0.29, 0.717) is 64.3 Å². The van der Waals surface area contributed by atoms with Gasteiger partial charge < -0.3 is 148 Å². The molecule has 20 amide bonds. The fourth-order valence-electron chi connectivity index (χ4n) is 21.4. The molecule has 135 heavy (non-hydrogen) atoms. The first-order valence-electron chi connectivity index (χ1n) is 47.1. The number of carbonyl (C=O) groups is 21. The van der Waals surface area contributed by atoms with Crippen molar-refractivity contribution in [1.29, 1.82) is 0 Å². The number of hydrogen-bond acceptors (Lipinski definition) is 29. The highest BCUT2D eigenvalue weighted by Gasteiger charge is 2.53. The van der Waals surface area contributed by atoms with E-state index in [9.17, 15) is 131 Å². The lowest BCUT2D eigenvalue weighted by atomic mass is 10.1. The highest BCUT2D eigenvalue weighted by molar-refractivity contribution is 6.02. The molecular weight excluding hydrogens is 1780 g/mol. The molecule has 13 rings (SSSR count). The van der Waals surface area contributed by atoms with E-state index in [1.54, 1.807) is 0 Å². The van der Waals surface area contributed by atoms with Crippen molar-refractivity contribution in [3.8, 4) is 0 Å². The number of aliphatic hydroxyl groups is 6.